The second-order valence-electron chi connectivity index (χ2n) is 12.2. The lowest BCUT2D eigenvalue weighted by atomic mass is 9.75. The Balaban J connectivity index is 1.18. The van der Waals surface area contributed by atoms with Crippen LogP contribution in [0.3, 0.4) is 0 Å². The molecule has 6 rings (SSSR count). The minimum Gasteiger partial charge on any atom is -0.429 e. The van der Waals surface area contributed by atoms with E-state index >= 15 is 0 Å². The van der Waals surface area contributed by atoms with Crippen LogP contribution in [0.2, 0.25) is 0 Å². The first-order valence-electron chi connectivity index (χ1n) is 16.4. The molecule has 12 nitrogen and oxygen atoms in total. The van der Waals surface area contributed by atoms with E-state index in [0.717, 1.165) is 16.7 Å². The number of hydrogen-bond acceptors (Lipinski definition) is 9. The van der Waals surface area contributed by atoms with E-state index in [2.05, 4.69) is 41.3 Å². The molecule has 4 aromatic rings. The topological polar surface area (TPSA) is 140 Å². The van der Waals surface area contributed by atoms with Crippen LogP contribution in [-0.4, -0.2) is 75.9 Å². The average molecular weight is 677 g/mol. The summed E-state index contributed by atoms with van der Waals surface area (Å²) in [4.78, 5) is 69.7. The Hall–Kier alpha value is -5.88. The van der Waals surface area contributed by atoms with Crippen LogP contribution in [0.1, 0.15) is 52.4 Å². The van der Waals surface area contributed by atoms with Gasteiger partial charge in [-0.05, 0) is 29.7 Å². The van der Waals surface area contributed by atoms with Crippen molar-refractivity contribution < 1.29 is 33.7 Å². The summed E-state index contributed by atoms with van der Waals surface area (Å²) in [6, 6.07) is 35.2. The highest BCUT2D eigenvalue weighted by Crippen LogP contribution is 2.43. The van der Waals surface area contributed by atoms with E-state index in [0.29, 0.717) is 31.2 Å². The largest absolute Gasteiger partial charge is 0.534 e. The summed E-state index contributed by atoms with van der Waals surface area (Å²) < 4.78 is 5.14. The normalized spacial score (nSPS) is 15.9. The highest BCUT2D eigenvalue weighted by Gasteiger charge is 2.43. The van der Waals surface area contributed by atoms with Crippen molar-refractivity contribution in [3.8, 4) is 0 Å². The molecule has 4 aromatic carbocycles. The van der Waals surface area contributed by atoms with E-state index in [1.54, 1.807) is 4.90 Å². The van der Waals surface area contributed by atoms with Gasteiger partial charge in [0.1, 0.15) is 6.10 Å². The summed E-state index contributed by atoms with van der Waals surface area (Å²) in [6.07, 6.45) is -2.37. The highest BCUT2D eigenvalue weighted by atomic mass is 16.8. The number of hydroxylamine groups is 2. The van der Waals surface area contributed by atoms with Crippen molar-refractivity contribution in [3.63, 3.8) is 0 Å². The van der Waals surface area contributed by atoms with E-state index < -0.39 is 34.5 Å². The molecular weight excluding hydrogens is 640 g/mol. The molecule has 3 amide bonds. The van der Waals surface area contributed by atoms with Crippen molar-refractivity contribution in [1.82, 2.24) is 14.9 Å². The van der Waals surface area contributed by atoms with Crippen LogP contribution in [0.5, 0.6) is 0 Å². The molecule has 1 unspecified atom stereocenters. The standard InChI is InChI=1S/C38H36N4O8/c1-27(49-37(46)50-41-34(43)19-20-35(41)44)25-28-17-18-29(26-33(28)42(47)48)36(45)39-21-23-40(24-22-39)38(30-11-5-2-6-12-30,31-13-7-3-8-14-31)32-15-9-4-10-16-32/h2-18,26-27H,19-25H2,1H3. The molecule has 2 heterocycles. The summed E-state index contributed by atoms with van der Waals surface area (Å²) >= 11 is 0. The number of ether oxygens (including phenoxy) is 1. The molecule has 0 saturated carbocycles. The first kappa shape index (κ1) is 34.0. The first-order valence-corrected chi connectivity index (χ1v) is 16.4. The van der Waals surface area contributed by atoms with Gasteiger partial charge in [0.25, 0.3) is 23.4 Å². The lowest BCUT2D eigenvalue weighted by Crippen LogP contribution is -2.57. The maximum Gasteiger partial charge on any atom is 0.534 e. The molecule has 2 aliphatic rings. The second kappa shape index (κ2) is 14.7. The number of benzene rings is 4. The van der Waals surface area contributed by atoms with Crippen LogP contribution in [0.4, 0.5) is 10.5 Å². The van der Waals surface area contributed by atoms with Crippen LogP contribution in [0, 0.1) is 10.1 Å². The van der Waals surface area contributed by atoms with Crippen molar-refractivity contribution in [2.75, 3.05) is 26.2 Å². The fourth-order valence-electron chi connectivity index (χ4n) is 6.82. The van der Waals surface area contributed by atoms with Crippen LogP contribution in [-0.2, 0) is 31.1 Å². The van der Waals surface area contributed by atoms with Gasteiger partial charge in [0.15, 0.2) is 0 Å². The highest BCUT2D eigenvalue weighted by molar-refractivity contribution is 6.01. The van der Waals surface area contributed by atoms with E-state index in [1.807, 2.05) is 54.6 Å². The number of piperazine rings is 1. The molecule has 256 valence electrons. The lowest BCUT2D eigenvalue weighted by Gasteiger charge is -2.49. The van der Waals surface area contributed by atoms with Crippen molar-refractivity contribution >= 4 is 29.6 Å². The fraction of sp³-hybridized carbons (Fsp3) is 0.263. The third-order valence-electron chi connectivity index (χ3n) is 9.12. The zero-order chi connectivity index (χ0) is 35.3. The Morgan fingerprint density at radius 3 is 1.76 bits per heavy atom. The second-order valence-corrected chi connectivity index (χ2v) is 12.2. The number of nitro groups is 1. The number of nitro benzene ring substituents is 1. The van der Waals surface area contributed by atoms with Gasteiger partial charge in [0, 0.05) is 62.6 Å². The first-order chi connectivity index (χ1) is 24.2. The Bertz CT molecular complexity index is 1770. The van der Waals surface area contributed by atoms with Gasteiger partial charge >= 0.3 is 6.16 Å². The number of amides is 3. The van der Waals surface area contributed by atoms with E-state index in [4.69, 9.17) is 9.57 Å². The Morgan fingerprint density at radius 1 is 0.780 bits per heavy atom. The van der Waals surface area contributed by atoms with Crippen molar-refractivity contribution in [3.05, 3.63) is 147 Å². The maximum absolute atomic E-state index is 13.8. The molecule has 2 saturated heterocycles. The minimum atomic E-state index is -1.27. The summed E-state index contributed by atoms with van der Waals surface area (Å²) in [6.45, 7) is 3.39. The predicted octanol–water partition coefficient (Wildman–Crippen LogP) is 5.49. The minimum absolute atomic E-state index is 0.0650. The smallest absolute Gasteiger partial charge is 0.429 e. The molecule has 50 heavy (non-hydrogen) atoms. The van der Waals surface area contributed by atoms with Gasteiger partial charge in [-0.25, -0.2) is 4.79 Å². The molecule has 0 radical (unpaired) electrons. The van der Waals surface area contributed by atoms with Crippen molar-refractivity contribution in [2.45, 2.75) is 37.8 Å². The van der Waals surface area contributed by atoms with Gasteiger partial charge in [-0.2, -0.15) is 0 Å². The maximum atomic E-state index is 13.8. The number of carbonyl (C=O) groups is 4. The third kappa shape index (κ3) is 6.83. The quantitative estimate of drug-likeness (QED) is 0.0701. The van der Waals surface area contributed by atoms with E-state index in [1.165, 1.54) is 25.1 Å². The summed E-state index contributed by atoms with van der Waals surface area (Å²) in [5, 5.41) is 12.5. The van der Waals surface area contributed by atoms with E-state index in [-0.39, 0.29) is 42.0 Å². The van der Waals surface area contributed by atoms with Gasteiger partial charge < -0.3 is 9.64 Å². The number of nitrogens with zero attached hydrogens (tertiary/aromatic N) is 4. The number of rotatable bonds is 10. The SMILES string of the molecule is CC(Cc1ccc(C(=O)N2CCN(C(c3ccccc3)(c3ccccc3)c3ccccc3)CC2)cc1[N+](=O)[O-])OC(=O)ON1C(=O)CCC1=O. The summed E-state index contributed by atoms with van der Waals surface area (Å²) in [5.41, 5.74) is 2.81. The molecule has 0 bridgehead atoms. The number of carbonyl (C=O) groups excluding carboxylic acids is 4. The average Bonchev–Trinajstić information content (AvgIpc) is 3.45. The molecule has 0 aliphatic carbocycles. The van der Waals surface area contributed by atoms with Crippen LogP contribution < -0.4 is 0 Å². The molecule has 2 fully saturated rings. The van der Waals surface area contributed by atoms with Gasteiger partial charge in [-0.1, -0.05) is 102 Å². The third-order valence-corrected chi connectivity index (χ3v) is 9.12. The molecule has 0 spiro atoms. The van der Waals surface area contributed by atoms with Gasteiger partial charge in [-0.3, -0.25) is 34.2 Å². The van der Waals surface area contributed by atoms with E-state index in [9.17, 15) is 29.3 Å². The van der Waals surface area contributed by atoms with Crippen molar-refractivity contribution in [2.24, 2.45) is 0 Å². The van der Waals surface area contributed by atoms with Gasteiger partial charge in [0.05, 0.1) is 10.5 Å². The summed E-state index contributed by atoms with van der Waals surface area (Å²) in [5.74, 6) is -1.63. The molecule has 1 atom stereocenters. The zero-order valence-electron chi connectivity index (χ0n) is 27.5. The molecule has 12 heteroatoms. The monoisotopic (exact) mass is 676 g/mol. The number of imide groups is 1. The fourth-order valence-corrected chi connectivity index (χ4v) is 6.82. The number of hydrogen-bond donors (Lipinski definition) is 0. The van der Waals surface area contributed by atoms with Gasteiger partial charge in [-0.15, -0.1) is 0 Å². The molecular formula is C38H36N4O8. The summed E-state index contributed by atoms with van der Waals surface area (Å²) in [7, 11) is 0. The Kier molecular flexibility index (Phi) is 10.0. The molecule has 0 N–H and O–H groups in total. The lowest BCUT2D eigenvalue weighted by molar-refractivity contribution is -0.385. The Morgan fingerprint density at radius 2 is 1.28 bits per heavy atom. The van der Waals surface area contributed by atoms with Crippen LogP contribution in [0.15, 0.2) is 109 Å². The predicted molar refractivity (Wildman–Crippen MR) is 182 cm³/mol. The Labute approximate surface area is 288 Å². The zero-order valence-corrected chi connectivity index (χ0v) is 27.5. The van der Waals surface area contributed by atoms with Gasteiger partial charge in [0.2, 0.25) is 0 Å². The van der Waals surface area contributed by atoms with Crippen molar-refractivity contribution in [1.29, 1.82) is 0 Å². The van der Waals surface area contributed by atoms with Crippen LogP contribution in [0.25, 0.3) is 0 Å². The van der Waals surface area contributed by atoms with Crippen LogP contribution >= 0.6 is 0 Å². The molecule has 0 aromatic heterocycles. The molecule has 2 aliphatic heterocycles.